The van der Waals surface area contributed by atoms with Gasteiger partial charge in [-0.05, 0) is 36.2 Å². The molecule has 1 atom stereocenters. The van der Waals surface area contributed by atoms with Crippen molar-refractivity contribution in [3.8, 4) is 0 Å². The van der Waals surface area contributed by atoms with E-state index in [0.29, 0.717) is 30.8 Å². The van der Waals surface area contributed by atoms with Gasteiger partial charge in [-0.2, -0.15) is 0 Å². The maximum absolute atomic E-state index is 12.7. The highest BCUT2D eigenvalue weighted by Crippen LogP contribution is 2.26. The molecule has 8 heteroatoms. The van der Waals surface area contributed by atoms with Crippen molar-refractivity contribution < 1.29 is 9.59 Å². The number of amides is 2. The summed E-state index contributed by atoms with van der Waals surface area (Å²) in [5.74, 6) is 1.09. The average molecular weight is 376 g/mol. The van der Waals surface area contributed by atoms with E-state index >= 15 is 0 Å². The molecule has 0 radical (unpaired) electrons. The molecule has 8 nitrogen and oxygen atoms in total. The van der Waals surface area contributed by atoms with Gasteiger partial charge in [-0.25, -0.2) is 0 Å². The number of benzene rings is 1. The Morgan fingerprint density at radius 2 is 1.79 bits per heavy atom. The minimum absolute atomic E-state index is 0.0778. The van der Waals surface area contributed by atoms with Crippen LogP contribution in [0.15, 0.2) is 54.9 Å². The Morgan fingerprint density at radius 3 is 2.57 bits per heavy atom. The summed E-state index contributed by atoms with van der Waals surface area (Å²) >= 11 is 0. The predicted molar refractivity (Wildman–Crippen MR) is 101 cm³/mol. The molecule has 2 amide bonds. The van der Waals surface area contributed by atoms with Crippen molar-refractivity contribution in [1.82, 2.24) is 30.4 Å². The average Bonchev–Trinajstić information content (AvgIpc) is 3.34. The topological polar surface area (TPSA) is 102 Å². The highest BCUT2D eigenvalue weighted by atomic mass is 16.2. The zero-order valence-electron chi connectivity index (χ0n) is 15.2. The summed E-state index contributed by atoms with van der Waals surface area (Å²) in [6, 6.07) is 12.3. The number of hydrogen-bond acceptors (Lipinski definition) is 5. The summed E-state index contributed by atoms with van der Waals surface area (Å²) in [4.78, 5) is 28.9. The Bertz CT molecular complexity index is 971. The van der Waals surface area contributed by atoms with Crippen molar-refractivity contribution >= 4 is 11.8 Å². The Labute approximate surface area is 162 Å². The third-order valence-electron chi connectivity index (χ3n) is 4.75. The van der Waals surface area contributed by atoms with Gasteiger partial charge in [0.1, 0.15) is 11.9 Å². The molecule has 2 aromatic heterocycles. The molecule has 2 N–H and O–H groups in total. The number of pyridine rings is 1. The number of aryl methyl sites for hydroxylation is 1. The van der Waals surface area contributed by atoms with Gasteiger partial charge in [0.05, 0.1) is 6.54 Å². The number of carbonyl (C=O) groups is 2. The first kappa shape index (κ1) is 17.8. The molecule has 0 aliphatic carbocycles. The second-order valence-electron chi connectivity index (χ2n) is 6.58. The van der Waals surface area contributed by atoms with Crippen molar-refractivity contribution in [2.75, 3.05) is 0 Å². The number of nitrogens with zero attached hydrogens (tertiary/aromatic N) is 4. The first-order chi connectivity index (χ1) is 13.7. The highest BCUT2D eigenvalue weighted by molar-refractivity contribution is 5.94. The number of carbonyl (C=O) groups excluding carboxylic acids is 2. The molecule has 28 heavy (non-hydrogen) atoms. The lowest BCUT2D eigenvalue weighted by molar-refractivity contribution is -0.124. The lowest BCUT2D eigenvalue weighted by Crippen LogP contribution is -2.32. The second kappa shape index (κ2) is 7.99. The van der Waals surface area contributed by atoms with Gasteiger partial charge in [0.25, 0.3) is 5.91 Å². The van der Waals surface area contributed by atoms with Gasteiger partial charge in [-0.15, -0.1) is 10.2 Å². The van der Waals surface area contributed by atoms with Gasteiger partial charge < -0.3 is 15.2 Å². The van der Waals surface area contributed by atoms with Crippen LogP contribution in [-0.2, 0) is 24.3 Å². The molecular formula is C20H20N6O2. The second-order valence-corrected chi connectivity index (χ2v) is 6.58. The van der Waals surface area contributed by atoms with E-state index in [0.717, 1.165) is 11.4 Å². The Morgan fingerprint density at radius 1 is 1.00 bits per heavy atom. The molecule has 3 heterocycles. The minimum atomic E-state index is -0.365. The summed E-state index contributed by atoms with van der Waals surface area (Å²) in [5.41, 5.74) is 1.57. The first-order valence-electron chi connectivity index (χ1n) is 9.15. The van der Waals surface area contributed by atoms with Crippen molar-refractivity contribution in [3.05, 3.63) is 77.6 Å². The fraction of sp³-hybridized carbons (Fsp3) is 0.250. The van der Waals surface area contributed by atoms with Gasteiger partial charge in [0.15, 0.2) is 5.82 Å². The zero-order chi connectivity index (χ0) is 19.3. The zero-order valence-corrected chi connectivity index (χ0v) is 15.2. The molecule has 1 aromatic carbocycles. The third-order valence-corrected chi connectivity index (χ3v) is 4.75. The molecule has 3 aromatic rings. The van der Waals surface area contributed by atoms with E-state index in [4.69, 9.17) is 0 Å². The SMILES string of the molecule is O=C(NCc1nnc2n1C(C(=O)NCc1ccncc1)CC2)c1ccccc1. The van der Waals surface area contributed by atoms with Crippen molar-refractivity contribution in [3.63, 3.8) is 0 Å². The van der Waals surface area contributed by atoms with E-state index in [2.05, 4.69) is 25.8 Å². The normalized spacial score (nSPS) is 15.1. The Balaban J connectivity index is 1.41. The lowest BCUT2D eigenvalue weighted by atomic mass is 10.2. The molecule has 1 aliphatic heterocycles. The quantitative estimate of drug-likeness (QED) is 0.677. The molecular weight excluding hydrogens is 356 g/mol. The number of fused-ring (bicyclic) bond motifs is 1. The van der Waals surface area contributed by atoms with Crippen LogP contribution in [0.1, 0.15) is 40.0 Å². The van der Waals surface area contributed by atoms with E-state index in [1.807, 2.05) is 34.9 Å². The molecule has 4 rings (SSSR count). The molecule has 0 bridgehead atoms. The molecule has 0 saturated carbocycles. The summed E-state index contributed by atoms with van der Waals surface area (Å²) in [6.45, 7) is 0.657. The first-order valence-corrected chi connectivity index (χ1v) is 9.15. The molecule has 1 aliphatic rings. The van der Waals surface area contributed by atoms with Crippen LogP contribution in [0.25, 0.3) is 0 Å². The predicted octanol–water partition coefficient (Wildman–Crippen LogP) is 1.41. The lowest BCUT2D eigenvalue weighted by Gasteiger charge is -2.15. The van der Waals surface area contributed by atoms with Gasteiger partial charge in [-0.3, -0.25) is 14.6 Å². The van der Waals surface area contributed by atoms with Crippen molar-refractivity contribution in [2.45, 2.75) is 32.0 Å². The van der Waals surface area contributed by atoms with E-state index in [9.17, 15) is 9.59 Å². The van der Waals surface area contributed by atoms with Gasteiger partial charge in [-0.1, -0.05) is 18.2 Å². The number of rotatable bonds is 6. The fourth-order valence-electron chi connectivity index (χ4n) is 3.31. The van der Waals surface area contributed by atoms with Crippen LogP contribution in [0.5, 0.6) is 0 Å². The molecule has 0 spiro atoms. The third kappa shape index (κ3) is 3.75. The van der Waals surface area contributed by atoms with Crippen LogP contribution < -0.4 is 10.6 Å². The van der Waals surface area contributed by atoms with Crippen LogP contribution in [0.2, 0.25) is 0 Å². The number of hydrogen-bond donors (Lipinski definition) is 2. The van der Waals surface area contributed by atoms with Gasteiger partial charge in [0.2, 0.25) is 5.91 Å². The largest absolute Gasteiger partial charge is 0.350 e. The monoisotopic (exact) mass is 376 g/mol. The Kier molecular flexibility index (Phi) is 5.09. The molecule has 0 fully saturated rings. The van der Waals surface area contributed by atoms with Gasteiger partial charge >= 0.3 is 0 Å². The van der Waals surface area contributed by atoms with E-state index in [-0.39, 0.29) is 24.4 Å². The number of aromatic nitrogens is 4. The van der Waals surface area contributed by atoms with Crippen LogP contribution in [0, 0.1) is 0 Å². The van der Waals surface area contributed by atoms with Crippen LogP contribution in [0.3, 0.4) is 0 Å². The van der Waals surface area contributed by atoms with Gasteiger partial charge in [0, 0.05) is 30.9 Å². The minimum Gasteiger partial charge on any atom is -0.350 e. The molecule has 0 saturated heterocycles. The molecule has 1 unspecified atom stereocenters. The summed E-state index contributed by atoms with van der Waals surface area (Å²) in [7, 11) is 0. The van der Waals surface area contributed by atoms with Crippen LogP contribution >= 0.6 is 0 Å². The van der Waals surface area contributed by atoms with E-state index in [1.54, 1.807) is 24.5 Å². The maximum Gasteiger partial charge on any atom is 0.251 e. The van der Waals surface area contributed by atoms with E-state index in [1.165, 1.54) is 0 Å². The van der Waals surface area contributed by atoms with Crippen LogP contribution in [-0.4, -0.2) is 31.6 Å². The highest BCUT2D eigenvalue weighted by Gasteiger charge is 2.32. The smallest absolute Gasteiger partial charge is 0.251 e. The fourth-order valence-corrected chi connectivity index (χ4v) is 3.31. The number of nitrogens with one attached hydrogen (secondary N) is 2. The van der Waals surface area contributed by atoms with Crippen molar-refractivity contribution in [2.24, 2.45) is 0 Å². The maximum atomic E-state index is 12.7. The summed E-state index contributed by atoms with van der Waals surface area (Å²) in [5, 5.41) is 14.1. The van der Waals surface area contributed by atoms with Crippen LogP contribution in [0.4, 0.5) is 0 Å². The van der Waals surface area contributed by atoms with E-state index < -0.39 is 0 Å². The van der Waals surface area contributed by atoms with Crippen molar-refractivity contribution in [1.29, 1.82) is 0 Å². The summed E-state index contributed by atoms with van der Waals surface area (Å²) < 4.78 is 1.84. The summed E-state index contributed by atoms with van der Waals surface area (Å²) in [6.07, 6.45) is 4.75. The standard InChI is InChI=1S/C20H20N6O2/c27-19(15-4-2-1-3-5-15)23-13-18-25-24-17-7-6-16(26(17)18)20(28)22-12-14-8-10-21-11-9-14/h1-5,8-11,16H,6-7,12-13H2,(H,22,28)(H,23,27). The molecule has 142 valence electrons. The Hall–Kier alpha value is -3.55.